The Balaban J connectivity index is 1.47. The number of halogens is 1. The van der Waals surface area contributed by atoms with Crippen LogP contribution in [0.15, 0.2) is 94.2 Å². The number of nitrogens with zero attached hydrogens (tertiary/aromatic N) is 4. The van der Waals surface area contributed by atoms with Crippen LogP contribution in [0.3, 0.4) is 0 Å². The molecule has 10 heteroatoms. The van der Waals surface area contributed by atoms with Crippen molar-refractivity contribution in [2.24, 2.45) is 0 Å². The van der Waals surface area contributed by atoms with Gasteiger partial charge in [0.15, 0.2) is 6.04 Å². The summed E-state index contributed by atoms with van der Waals surface area (Å²) in [5.74, 6) is -0.410. The van der Waals surface area contributed by atoms with E-state index >= 15 is 0 Å². The quantitative estimate of drug-likeness (QED) is 0.339. The van der Waals surface area contributed by atoms with Crippen LogP contribution in [0.1, 0.15) is 23.1 Å². The van der Waals surface area contributed by atoms with Crippen molar-refractivity contribution in [2.45, 2.75) is 25.7 Å². The molecular weight excluding hydrogens is 465 g/mol. The van der Waals surface area contributed by atoms with Crippen molar-refractivity contribution in [3.8, 4) is 0 Å². The molecule has 2 amide bonds. The molecule has 0 saturated heterocycles. The van der Waals surface area contributed by atoms with Gasteiger partial charge in [-0.1, -0.05) is 29.5 Å². The van der Waals surface area contributed by atoms with E-state index in [0.29, 0.717) is 22.4 Å². The summed E-state index contributed by atoms with van der Waals surface area (Å²) in [6.45, 7) is 0.00496. The smallest absolute Gasteiger partial charge is 0.251 e. The number of carbonyl (C=O) groups excluding carboxylic acids is 2. The van der Waals surface area contributed by atoms with Gasteiger partial charge in [-0.15, -0.1) is 5.10 Å². The topological polar surface area (TPSA) is 106 Å². The summed E-state index contributed by atoms with van der Waals surface area (Å²) in [6, 6.07) is 18.7. The van der Waals surface area contributed by atoms with Crippen LogP contribution in [-0.4, -0.2) is 31.7 Å². The monoisotopic (exact) mass is 487 g/mol. The van der Waals surface area contributed by atoms with E-state index in [2.05, 4.69) is 15.6 Å². The Morgan fingerprint density at radius 2 is 1.75 bits per heavy atom. The zero-order valence-electron chi connectivity index (χ0n) is 19.1. The van der Waals surface area contributed by atoms with Gasteiger partial charge in [-0.05, 0) is 54.1 Å². The average Bonchev–Trinajstić information content (AvgIpc) is 3.67. The second kappa shape index (κ2) is 10.3. The first-order valence-electron chi connectivity index (χ1n) is 11.2. The first-order valence-corrected chi connectivity index (χ1v) is 11.2. The zero-order valence-corrected chi connectivity index (χ0v) is 19.1. The third kappa shape index (κ3) is 5.02. The van der Waals surface area contributed by atoms with Crippen molar-refractivity contribution in [1.82, 2.24) is 25.2 Å². The number of fused-ring (bicyclic) bond motifs is 1. The molecule has 0 bridgehead atoms. The van der Waals surface area contributed by atoms with Crippen LogP contribution in [0.2, 0.25) is 0 Å². The standard InChI is InChI=1S/C26H22FN5O4/c27-19-11-9-18(10-12-19)16-31(24(33)17-32-22-7-2-1-6-21(22)29-30-32)25(23-8-4-14-36-23)26(34)28-15-20-5-3-13-35-20/h1-14,25H,15-17H2,(H,28,34)/t25-/m1/s1. The molecule has 5 rings (SSSR count). The van der Waals surface area contributed by atoms with Gasteiger partial charge in [-0.25, -0.2) is 9.07 Å². The van der Waals surface area contributed by atoms with E-state index in [9.17, 15) is 14.0 Å². The lowest BCUT2D eigenvalue weighted by atomic mass is 10.1. The highest BCUT2D eigenvalue weighted by atomic mass is 19.1. The molecule has 5 aromatic rings. The normalized spacial score (nSPS) is 11.9. The fraction of sp³-hybridized carbons (Fsp3) is 0.154. The lowest BCUT2D eigenvalue weighted by Crippen LogP contribution is -2.44. The van der Waals surface area contributed by atoms with E-state index in [-0.39, 0.29) is 25.4 Å². The van der Waals surface area contributed by atoms with Gasteiger partial charge >= 0.3 is 0 Å². The molecule has 2 aromatic carbocycles. The predicted octanol–water partition coefficient (Wildman–Crippen LogP) is 3.84. The number of amides is 2. The fourth-order valence-corrected chi connectivity index (χ4v) is 3.92. The minimum Gasteiger partial charge on any atom is -0.467 e. The molecule has 3 aromatic heterocycles. The van der Waals surface area contributed by atoms with E-state index in [1.165, 1.54) is 34.2 Å². The summed E-state index contributed by atoms with van der Waals surface area (Å²) in [5, 5.41) is 11.0. The van der Waals surface area contributed by atoms with Crippen molar-refractivity contribution in [3.63, 3.8) is 0 Å². The minimum atomic E-state index is -1.10. The first-order chi connectivity index (χ1) is 17.6. The number of hydrogen-bond acceptors (Lipinski definition) is 6. The van der Waals surface area contributed by atoms with Crippen LogP contribution in [0.4, 0.5) is 4.39 Å². The molecule has 0 spiro atoms. The van der Waals surface area contributed by atoms with Crippen LogP contribution in [0, 0.1) is 5.82 Å². The maximum atomic E-state index is 13.7. The Kier molecular flexibility index (Phi) is 6.57. The number of nitrogens with one attached hydrogen (secondary N) is 1. The molecule has 0 aliphatic heterocycles. The Morgan fingerprint density at radius 3 is 2.50 bits per heavy atom. The molecule has 0 aliphatic carbocycles. The molecule has 36 heavy (non-hydrogen) atoms. The molecule has 0 aliphatic rings. The molecule has 1 atom stereocenters. The number of para-hydroxylation sites is 1. The second-order valence-corrected chi connectivity index (χ2v) is 8.10. The number of carbonyl (C=O) groups is 2. The minimum absolute atomic E-state index is 0.0330. The molecule has 1 N–H and O–H groups in total. The lowest BCUT2D eigenvalue weighted by molar-refractivity contribution is -0.143. The summed E-state index contributed by atoms with van der Waals surface area (Å²) in [7, 11) is 0. The third-order valence-corrected chi connectivity index (χ3v) is 5.68. The maximum absolute atomic E-state index is 13.7. The van der Waals surface area contributed by atoms with Crippen LogP contribution in [0.25, 0.3) is 11.0 Å². The number of furan rings is 2. The van der Waals surface area contributed by atoms with Crippen LogP contribution >= 0.6 is 0 Å². The molecule has 3 heterocycles. The van der Waals surface area contributed by atoms with Crippen molar-refractivity contribution in [1.29, 1.82) is 0 Å². The summed E-state index contributed by atoms with van der Waals surface area (Å²) >= 11 is 0. The van der Waals surface area contributed by atoms with Gasteiger partial charge in [-0.2, -0.15) is 0 Å². The van der Waals surface area contributed by atoms with E-state index < -0.39 is 23.7 Å². The van der Waals surface area contributed by atoms with Crippen LogP contribution in [0.5, 0.6) is 0 Å². The Bertz CT molecular complexity index is 1450. The van der Waals surface area contributed by atoms with Gasteiger partial charge in [0.2, 0.25) is 5.91 Å². The van der Waals surface area contributed by atoms with Gasteiger partial charge in [0.1, 0.15) is 29.4 Å². The highest BCUT2D eigenvalue weighted by Gasteiger charge is 2.34. The van der Waals surface area contributed by atoms with Crippen molar-refractivity contribution < 1.29 is 22.8 Å². The van der Waals surface area contributed by atoms with Crippen molar-refractivity contribution in [2.75, 3.05) is 0 Å². The van der Waals surface area contributed by atoms with Gasteiger partial charge in [-0.3, -0.25) is 9.59 Å². The first kappa shape index (κ1) is 23.0. The number of benzene rings is 2. The van der Waals surface area contributed by atoms with Crippen molar-refractivity contribution in [3.05, 3.63) is 108 Å². The zero-order chi connectivity index (χ0) is 24.9. The molecule has 9 nitrogen and oxygen atoms in total. The summed E-state index contributed by atoms with van der Waals surface area (Å²) in [6.07, 6.45) is 2.95. The van der Waals surface area contributed by atoms with Gasteiger partial charge < -0.3 is 19.1 Å². The SMILES string of the molecule is O=C(NCc1ccco1)[C@@H](c1ccco1)N(Cc1ccc(F)cc1)C(=O)Cn1nnc2ccccc21. The Hall–Kier alpha value is -4.73. The van der Waals surface area contributed by atoms with E-state index in [1.54, 1.807) is 42.5 Å². The Labute approximate surface area is 205 Å². The maximum Gasteiger partial charge on any atom is 0.251 e. The van der Waals surface area contributed by atoms with Gasteiger partial charge in [0.25, 0.3) is 5.91 Å². The van der Waals surface area contributed by atoms with Crippen LogP contribution in [-0.2, 0) is 29.2 Å². The highest BCUT2D eigenvalue weighted by molar-refractivity contribution is 5.88. The van der Waals surface area contributed by atoms with Crippen molar-refractivity contribution >= 4 is 22.8 Å². The average molecular weight is 487 g/mol. The summed E-state index contributed by atoms with van der Waals surface area (Å²) in [4.78, 5) is 28.6. The predicted molar refractivity (Wildman–Crippen MR) is 126 cm³/mol. The lowest BCUT2D eigenvalue weighted by Gasteiger charge is -2.30. The highest BCUT2D eigenvalue weighted by Crippen LogP contribution is 2.25. The molecule has 0 fully saturated rings. The number of rotatable bonds is 9. The number of aromatic nitrogens is 3. The molecule has 0 saturated carbocycles. The Morgan fingerprint density at radius 1 is 0.972 bits per heavy atom. The van der Waals surface area contributed by atoms with E-state index in [1.807, 2.05) is 18.2 Å². The van der Waals surface area contributed by atoms with E-state index in [0.717, 1.165) is 0 Å². The third-order valence-electron chi connectivity index (χ3n) is 5.68. The summed E-state index contributed by atoms with van der Waals surface area (Å²) in [5.41, 5.74) is 1.97. The van der Waals surface area contributed by atoms with Gasteiger partial charge in [0, 0.05) is 6.54 Å². The van der Waals surface area contributed by atoms with Crippen LogP contribution < -0.4 is 5.32 Å². The fourth-order valence-electron chi connectivity index (χ4n) is 3.92. The number of hydrogen-bond donors (Lipinski definition) is 1. The molecular formula is C26H22FN5O4. The second-order valence-electron chi connectivity index (χ2n) is 8.10. The molecule has 0 unspecified atom stereocenters. The van der Waals surface area contributed by atoms with Gasteiger partial charge in [0.05, 0.1) is 24.6 Å². The molecule has 0 radical (unpaired) electrons. The van der Waals surface area contributed by atoms with E-state index in [4.69, 9.17) is 8.83 Å². The largest absolute Gasteiger partial charge is 0.467 e. The summed E-state index contributed by atoms with van der Waals surface area (Å²) < 4.78 is 25.9. The molecule has 182 valence electrons.